The van der Waals surface area contributed by atoms with Crippen molar-refractivity contribution in [1.82, 2.24) is 14.3 Å². The second-order valence-electron chi connectivity index (χ2n) is 10.1. The quantitative estimate of drug-likeness (QED) is 0.349. The summed E-state index contributed by atoms with van der Waals surface area (Å²) in [6.07, 6.45) is 0.494. The predicted octanol–water partition coefficient (Wildman–Crippen LogP) is 5.87. The third-order valence-corrected chi connectivity index (χ3v) is 7.41. The highest BCUT2D eigenvalue weighted by molar-refractivity contribution is 6.13. The number of piperazine rings is 1. The lowest BCUT2D eigenvalue weighted by Gasteiger charge is -2.39. The number of nitrogens with zero attached hydrogens (tertiary/aromatic N) is 5. The summed E-state index contributed by atoms with van der Waals surface area (Å²) >= 11 is 0. The molecular formula is C29H27F3N6O. The van der Waals surface area contributed by atoms with Crippen LogP contribution in [0.5, 0.6) is 0 Å². The third kappa shape index (κ3) is 4.65. The van der Waals surface area contributed by atoms with Gasteiger partial charge in [0.25, 0.3) is 5.91 Å². The molecule has 2 aliphatic heterocycles. The first-order chi connectivity index (χ1) is 18.7. The van der Waals surface area contributed by atoms with E-state index < -0.39 is 11.7 Å². The molecule has 1 fully saturated rings. The van der Waals surface area contributed by atoms with Crippen molar-refractivity contribution < 1.29 is 18.0 Å². The van der Waals surface area contributed by atoms with Crippen LogP contribution >= 0.6 is 0 Å². The fourth-order valence-electron chi connectivity index (χ4n) is 5.32. The maximum absolute atomic E-state index is 14.2. The van der Waals surface area contributed by atoms with Crippen molar-refractivity contribution in [2.24, 2.45) is 4.99 Å². The van der Waals surface area contributed by atoms with Gasteiger partial charge >= 0.3 is 6.18 Å². The zero-order chi connectivity index (χ0) is 27.3. The number of anilines is 3. The molecule has 0 unspecified atom stereocenters. The molecule has 2 aromatic heterocycles. The zero-order valence-electron chi connectivity index (χ0n) is 21.5. The van der Waals surface area contributed by atoms with Gasteiger partial charge in [0, 0.05) is 67.8 Å². The number of alkyl halides is 3. The molecule has 6 rings (SSSR count). The number of carbonyl (C=O) groups is 1. The number of fused-ring (bicyclic) bond motifs is 2. The van der Waals surface area contributed by atoms with Gasteiger partial charge in [-0.05, 0) is 61.9 Å². The first-order valence-corrected chi connectivity index (χ1v) is 12.9. The number of amides is 1. The van der Waals surface area contributed by atoms with Gasteiger partial charge in [-0.2, -0.15) is 13.2 Å². The zero-order valence-corrected chi connectivity index (χ0v) is 21.5. The van der Waals surface area contributed by atoms with E-state index in [2.05, 4.69) is 34.0 Å². The molecule has 1 N–H and O–H groups in total. The molecule has 39 heavy (non-hydrogen) atoms. The van der Waals surface area contributed by atoms with Crippen LogP contribution in [0.25, 0.3) is 16.9 Å². The Bertz CT molecular complexity index is 1600. The Kier molecular flexibility index (Phi) is 6.14. The van der Waals surface area contributed by atoms with Crippen LogP contribution < -0.4 is 10.2 Å². The Balaban J connectivity index is 1.30. The fraction of sp³-hybridized carbons (Fsp3) is 0.276. The Labute approximate surface area is 223 Å². The summed E-state index contributed by atoms with van der Waals surface area (Å²) in [6.45, 7) is 6.76. The number of nitrogens with one attached hydrogen (secondary N) is 1. The Morgan fingerprint density at radius 1 is 0.974 bits per heavy atom. The van der Waals surface area contributed by atoms with Gasteiger partial charge in [0.1, 0.15) is 0 Å². The Morgan fingerprint density at radius 2 is 1.77 bits per heavy atom. The van der Waals surface area contributed by atoms with Crippen LogP contribution in [0.4, 0.5) is 30.2 Å². The fourth-order valence-corrected chi connectivity index (χ4v) is 5.32. The molecule has 4 aromatic rings. The summed E-state index contributed by atoms with van der Waals surface area (Å²) in [6, 6.07) is 13.9. The van der Waals surface area contributed by atoms with E-state index in [0.29, 0.717) is 41.7 Å². The number of hydrogen-bond donors (Lipinski definition) is 1. The van der Waals surface area contributed by atoms with Gasteiger partial charge in [0.2, 0.25) is 0 Å². The highest BCUT2D eigenvalue weighted by atomic mass is 19.4. The standard InChI is InChI=1S/C29H27F3N6O/c1-18(2)36-11-13-37(14-12-36)26-7-4-21(16-23(26)29(30,31)32)35-24-6-8-25(38-10-9-33-27(24)38)19-3-5-22-20(15-19)17-34-28(22)39/h3-10,15-18,35H,11-14H2,1-2H3. The molecule has 1 saturated heterocycles. The minimum absolute atomic E-state index is 0.205. The van der Waals surface area contributed by atoms with Gasteiger partial charge in [0.15, 0.2) is 5.65 Å². The number of carbonyl (C=O) groups excluding carboxylic acids is 1. The van der Waals surface area contributed by atoms with Crippen molar-refractivity contribution in [2.45, 2.75) is 26.1 Å². The molecule has 0 saturated carbocycles. The molecule has 10 heteroatoms. The second-order valence-corrected chi connectivity index (χ2v) is 10.1. The molecule has 200 valence electrons. The topological polar surface area (TPSA) is 65.2 Å². The SMILES string of the molecule is CC(C)N1CCN(c2ccc(Nc3ccc(-c4ccc5c(c4)C=NC5=O)n4ccnc34)cc2C(F)(F)F)CC1. The number of halogens is 3. The van der Waals surface area contributed by atoms with Crippen molar-refractivity contribution >= 4 is 34.8 Å². The number of aromatic nitrogens is 2. The van der Waals surface area contributed by atoms with E-state index in [1.807, 2.05) is 27.5 Å². The van der Waals surface area contributed by atoms with Crippen LogP contribution in [-0.2, 0) is 6.18 Å². The number of rotatable bonds is 5. The van der Waals surface area contributed by atoms with Crippen LogP contribution in [0.3, 0.4) is 0 Å². The van der Waals surface area contributed by atoms with Crippen LogP contribution in [-0.4, -0.2) is 58.6 Å². The average molecular weight is 533 g/mol. The van der Waals surface area contributed by atoms with E-state index in [1.165, 1.54) is 6.07 Å². The van der Waals surface area contributed by atoms with Gasteiger partial charge in [-0.1, -0.05) is 6.07 Å². The third-order valence-electron chi connectivity index (χ3n) is 7.41. The number of hydrogen-bond acceptors (Lipinski definition) is 5. The molecule has 2 aromatic carbocycles. The monoisotopic (exact) mass is 532 g/mol. The normalized spacial score (nSPS) is 15.9. The smallest absolute Gasteiger partial charge is 0.368 e. The molecule has 1 amide bonds. The maximum Gasteiger partial charge on any atom is 0.418 e. The summed E-state index contributed by atoms with van der Waals surface area (Å²) in [5, 5.41) is 3.15. The van der Waals surface area contributed by atoms with Crippen molar-refractivity contribution in [1.29, 1.82) is 0 Å². The molecular weight excluding hydrogens is 505 g/mol. The minimum atomic E-state index is -4.49. The molecule has 0 radical (unpaired) electrons. The van der Waals surface area contributed by atoms with Gasteiger partial charge in [0.05, 0.1) is 22.5 Å². The van der Waals surface area contributed by atoms with Crippen LogP contribution in [0, 0.1) is 0 Å². The summed E-state index contributed by atoms with van der Waals surface area (Å²) in [5.74, 6) is -0.258. The van der Waals surface area contributed by atoms with Gasteiger partial charge < -0.3 is 10.2 Å². The molecule has 0 atom stereocenters. The highest BCUT2D eigenvalue weighted by Crippen LogP contribution is 2.39. The molecule has 2 aliphatic rings. The van der Waals surface area contributed by atoms with Crippen molar-refractivity contribution in [3.05, 3.63) is 77.6 Å². The lowest BCUT2D eigenvalue weighted by molar-refractivity contribution is -0.137. The Morgan fingerprint density at radius 3 is 2.51 bits per heavy atom. The first kappa shape index (κ1) is 25.1. The summed E-state index contributed by atoms with van der Waals surface area (Å²) in [7, 11) is 0. The van der Waals surface area contributed by atoms with Crippen LogP contribution in [0.15, 0.2) is 65.9 Å². The van der Waals surface area contributed by atoms with E-state index in [9.17, 15) is 18.0 Å². The van der Waals surface area contributed by atoms with E-state index >= 15 is 0 Å². The van der Waals surface area contributed by atoms with Crippen molar-refractivity contribution in [2.75, 3.05) is 36.4 Å². The van der Waals surface area contributed by atoms with Crippen molar-refractivity contribution in [3.8, 4) is 11.3 Å². The summed E-state index contributed by atoms with van der Waals surface area (Å²) < 4.78 is 44.4. The molecule has 7 nitrogen and oxygen atoms in total. The first-order valence-electron chi connectivity index (χ1n) is 12.9. The van der Waals surface area contributed by atoms with E-state index in [-0.39, 0.29) is 11.6 Å². The number of imidazole rings is 1. The minimum Gasteiger partial charge on any atom is -0.368 e. The lowest BCUT2D eigenvalue weighted by Crippen LogP contribution is -2.49. The Hall–Kier alpha value is -4.18. The summed E-state index contributed by atoms with van der Waals surface area (Å²) in [5.41, 5.74) is 4.03. The average Bonchev–Trinajstić information content (AvgIpc) is 3.56. The predicted molar refractivity (Wildman–Crippen MR) is 146 cm³/mol. The van der Waals surface area contributed by atoms with Crippen LogP contribution in [0.2, 0.25) is 0 Å². The maximum atomic E-state index is 14.2. The second kappa shape index (κ2) is 9.53. The molecule has 0 aliphatic carbocycles. The summed E-state index contributed by atoms with van der Waals surface area (Å²) in [4.78, 5) is 24.2. The highest BCUT2D eigenvalue weighted by Gasteiger charge is 2.36. The van der Waals surface area contributed by atoms with Crippen LogP contribution in [0.1, 0.15) is 35.3 Å². The van der Waals surface area contributed by atoms with E-state index in [4.69, 9.17) is 0 Å². The molecule has 0 spiro atoms. The van der Waals surface area contributed by atoms with Crippen molar-refractivity contribution in [3.63, 3.8) is 0 Å². The van der Waals surface area contributed by atoms with Gasteiger partial charge in [-0.15, -0.1) is 0 Å². The van der Waals surface area contributed by atoms with Gasteiger partial charge in [-0.3, -0.25) is 14.1 Å². The number of pyridine rings is 1. The van der Waals surface area contributed by atoms with E-state index in [0.717, 1.165) is 29.9 Å². The lowest BCUT2D eigenvalue weighted by atomic mass is 10.0. The molecule has 0 bridgehead atoms. The molecule has 4 heterocycles. The largest absolute Gasteiger partial charge is 0.418 e. The number of aliphatic imine (C=N–C) groups is 1. The van der Waals surface area contributed by atoms with Gasteiger partial charge in [-0.25, -0.2) is 9.98 Å². The van der Waals surface area contributed by atoms with E-state index in [1.54, 1.807) is 42.9 Å². The number of benzene rings is 2.